The van der Waals surface area contributed by atoms with Crippen molar-refractivity contribution >= 4 is 33.2 Å². The zero-order valence-corrected chi connectivity index (χ0v) is 11.6. The maximum Gasteiger partial charge on any atom is 0.271 e. The van der Waals surface area contributed by atoms with E-state index in [1.54, 1.807) is 19.2 Å². The predicted octanol–water partition coefficient (Wildman–Crippen LogP) is 0.551. The quantitative estimate of drug-likeness (QED) is 0.827. The fourth-order valence-electron chi connectivity index (χ4n) is 1.17. The molecule has 1 aromatic rings. The van der Waals surface area contributed by atoms with Crippen molar-refractivity contribution in [3.05, 3.63) is 22.8 Å². The molecule has 0 aliphatic heterocycles. The third kappa shape index (κ3) is 4.50. The van der Waals surface area contributed by atoms with E-state index in [9.17, 15) is 13.2 Å². The van der Waals surface area contributed by atoms with Gasteiger partial charge in [0.25, 0.3) is 5.91 Å². The molecular weight excluding hydrogens is 278 g/mol. The van der Waals surface area contributed by atoms with Gasteiger partial charge in [0.1, 0.15) is 21.3 Å². The molecule has 1 amide bonds. The number of rotatable bonds is 5. The van der Waals surface area contributed by atoms with Gasteiger partial charge in [0.2, 0.25) is 0 Å². The largest absolute Gasteiger partial charge is 0.373 e. The average Bonchev–Trinajstić information content (AvgIpc) is 2.27. The van der Waals surface area contributed by atoms with E-state index in [0.717, 1.165) is 6.26 Å². The summed E-state index contributed by atoms with van der Waals surface area (Å²) in [5.74, 6) is -0.115. The highest BCUT2D eigenvalue weighted by molar-refractivity contribution is 7.90. The second-order valence-electron chi connectivity index (χ2n) is 3.66. The molecule has 2 N–H and O–H groups in total. The molecule has 18 heavy (non-hydrogen) atoms. The summed E-state index contributed by atoms with van der Waals surface area (Å²) in [6.45, 7) is 0.0272. The van der Waals surface area contributed by atoms with Gasteiger partial charge < -0.3 is 10.6 Å². The van der Waals surface area contributed by atoms with Gasteiger partial charge in [-0.15, -0.1) is 0 Å². The van der Waals surface area contributed by atoms with Gasteiger partial charge in [0.05, 0.1) is 10.8 Å². The minimum atomic E-state index is -3.11. The third-order valence-electron chi connectivity index (χ3n) is 2.08. The van der Waals surface area contributed by atoms with Gasteiger partial charge in [-0.1, -0.05) is 11.6 Å². The molecule has 1 rings (SSSR count). The molecule has 8 heteroatoms. The summed E-state index contributed by atoms with van der Waals surface area (Å²) < 4.78 is 21.8. The summed E-state index contributed by atoms with van der Waals surface area (Å²) in [7, 11) is -1.44. The van der Waals surface area contributed by atoms with Crippen LogP contribution < -0.4 is 10.6 Å². The lowest BCUT2D eigenvalue weighted by atomic mass is 10.3. The number of anilines is 1. The molecule has 0 atom stereocenters. The number of carbonyl (C=O) groups excluding carboxylic acids is 1. The Hall–Kier alpha value is -1.34. The Kier molecular flexibility index (Phi) is 4.92. The van der Waals surface area contributed by atoms with Gasteiger partial charge in [-0.2, -0.15) is 0 Å². The Morgan fingerprint density at radius 1 is 1.44 bits per heavy atom. The van der Waals surface area contributed by atoms with E-state index in [0.29, 0.717) is 5.82 Å². The summed E-state index contributed by atoms with van der Waals surface area (Å²) in [5, 5.41) is 5.45. The minimum absolute atomic E-state index is 0.0272. The van der Waals surface area contributed by atoms with Crippen molar-refractivity contribution in [2.45, 2.75) is 0 Å². The molecule has 0 spiro atoms. The number of halogens is 1. The lowest BCUT2D eigenvalue weighted by Gasteiger charge is -2.07. The van der Waals surface area contributed by atoms with Crippen LogP contribution >= 0.6 is 11.6 Å². The Labute approximate surface area is 111 Å². The predicted molar refractivity (Wildman–Crippen MR) is 70.8 cm³/mol. The van der Waals surface area contributed by atoms with Gasteiger partial charge in [-0.05, 0) is 12.1 Å². The lowest BCUT2D eigenvalue weighted by molar-refractivity contribution is 0.0951. The van der Waals surface area contributed by atoms with Crippen LogP contribution in [0.5, 0.6) is 0 Å². The van der Waals surface area contributed by atoms with Crippen LogP contribution in [0.3, 0.4) is 0 Å². The molecule has 0 aliphatic rings. The molecule has 1 aromatic heterocycles. The lowest BCUT2D eigenvalue weighted by Crippen LogP contribution is -2.29. The molecule has 1 heterocycles. The second-order valence-corrected chi connectivity index (χ2v) is 6.33. The van der Waals surface area contributed by atoms with E-state index in [4.69, 9.17) is 11.6 Å². The molecule has 0 bridgehead atoms. The van der Waals surface area contributed by atoms with Crippen LogP contribution in [0.15, 0.2) is 12.1 Å². The molecule has 100 valence electrons. The van der Waals surface area contributed by atoms with Gasteiger partial charge >= 0.3 is 0 Å². The van der Waals surface area contributed by atoms with E-state index in [2.05, 4.69) is 15.6 Å². The van der Waals surface area contributed by atoms with Crippen LogP contribution in [0, 0.1) is 0 Å². The van der Waals surface area contributed by atoms with Crippen molar-refractivity contribution in [2.24, 2.45) is 0 Å². The third-order valence-corrected chi connectivity index (χ3v) is 3.33. The van der Waals surface area contributed by atoms with Crippen LogP contribution in [0.4, 0.5) is 5.82 Å². The fraction of sp³-hybridized carbons (Fsp3) is 0.400. The average molecular weight is 292 g/mol. The molecule has 6 nitrogen and oxygen atoms in total. The Bertz CT molecular complexity index is 545. The number of carbonyl (C=O) groups is 1. The molecular formula is C10H14ClN3O3S. The summed E-state index contributed by atoms with van der Waals surface area (Å²) >= 11 is 5.85. The molecule has 0 fully saturated rings. The molecule has 0 aromatic carbocycles. The van der Waals surface area contributed by atoms with Crippen molar-refractivity contribution in [2.75, 3.05) is 30.9 Å². The molecule has 0 radical (unpaired) electrons. The smallest absolute Gasteiger partial charge is 0.271 e. The zero-order valence-electron chi connectivity index (χ0n) is 10.0. The highest BCUT2D eigenvalue weighted by Crippen LogP contribution is 2.16. The maximum absolute atomic E-state index is 11.7. The topological polar surface area (TPSA) is 88.2 Å². The van der Waals surface area contributed by atoms with Crippen LogP contribution in [-0.4, -0.2) is 44.9 Å². The summed E-state index contributed by atoms with van der Waals surface area (Å²) in [6.07, 6.45) is 1.10. The first kappa shape index (κ1) is 14.7. The number of aromatic nitrogens is 1. The summed E-state index contributed by atoms with van der Waals surface area (Å²) in [6, 6.07) is 3.18. The van der Waals surface area contributed by atoms with E-state index >= 15 is 0 Å². The Morgan fingerprint density at radius 2 is 2.11 bits per heavy atom. The first-order valence-corrected chi connectivity index (χ1v) is 7.57. The highest BCUT2D eigenvalue weighted by Gasteiger charge is 2.13. The number of nitrogens with one attached hydrogen (secondary N) is 2. The monoisotopic (exact) mass is 291 g/mol. The number of nitrogens with zero attached hydrogens (tertiary/aromatic N) is 1. The number of hydrogen-bond acceptors (Lipinski definition) is 5. The molecule has 0 saturated heterocycles. The number of hydrogen-bond donors (Lipinski definition) is 2. The van der Waals surface area contributed by atoms with E-state index in [1.807, 2.05) is 0 Å². The number of sulfone groups is 1. The van der Waals surface area contributed by atoms with E-state index in [-0.39, 0.29) is 23.0 Å². The first-order chi connectivity index (χ1) is 8.33. The summed E-state index contributed by atoms with van der Waals surface area (Å²) in [4.78, 5) is 15.7. The van der Waals surface area contributed by atoms with Crippen molar-refractivity contribution in [1.29, 1.82) is 0 Å². The van der Waals surface area contributed by atoms with Gasteiger partial charge in [-0.25, -0.2) is 13.4 Å². The van der Waals surface area contributed by atoms with E-state index in [1.165, 1.54) is 0 Å². The van der Waals surface area contributed by atoms with Crippen LogP contribution in [0.25, 0.3) is 0 Å². The minimum Gasteiger partial charge on any atom is -0.373 e. The molecule has 0 aliphatic carbocycles. The van der Waals surface area contributed by atoms with Crippen LogP contribution in [0.1, 0.15) is 10.5 Å². The van der Waals surface area contributed by atoms with Crippen LogP contribution in [-0.2, 0) is 9.84 Å². The first-order valence-electron chi connectivity index (χ1n) is 5.13. The Balaban J connectivity index is 2.72. The normalized spacial score (nSPS) is 11.1. The molecule has 0 saturated carbocycles. The maximum atomic E-state index is 11.7. The SMILES string of the molecule is CNc1ccc(Cl)c(C(=O)NCCS(C)(=O)=O)n1. The number of amides is 1. The van der Waals surface area contributed by atoms with Crippen molar-refractivity contribution in [3.63, 3.8) is 0 Å². The summed E-state index contributed by atoms with van der Waals surface area (Å²) in [5.41, 5.74) is 0.0667. The standard InChI is InChI=1S/C10H14ClN3O3S/c1-12-8-4-3-7(11)9(14-8)10(15)13-5-6-18(2,16)17/h3-4H,5-6H2,1-2H3,(H,12,14)(H,13,15). The second kappa shape index (κ2) is 6.01. The highest BCUT2D eigenvalue weighted by atomic mass is 35.5. The fourth-order valence-corrected chi connectivity index (χ4v) is 1.84. The van der Waals surface area contributed by atoms with Gasteiger partial charge in [0.15, 0.2) is 0 Å². The van der Waals surface area contributed by atoms with Crippen molar-refractivity contribution in [1.82, 2.24) is 10.3 Å². The van der Waals surface area contributed by atoms with Gasteiger partial charge in [-0.3, -0.25) is 4.79 Å². The Morgan fingerprint density at radius 3 is 2.67 bits per heavy atom. The van der Waals surface area contributed by atoms with E-state index < -0.39 is 15.7 Å². The molecule has 0 unspecified atom stereocenters. The van der Waals surface area contributed by atoms with Gasteiger partial charge in [0, 0.05) is 19.8 Å². The zero-order chi connectivity index (χ0) is 13.8. The van der Waals surface area contributed by atoms with Crippen molar-refractivity contribution in [3.8, 4) is 0 Å². The van der Waals surface area contributed by atoms with Crippen LogP contribution in [0.2, 0.25) is 5.02 Å². The van der Waals surface area contributed by atoms with Crippen molar-refractivity contribution < 1.29 is 13.2 Å². The number of pyridine rings is 1.